The van der Waals surface area contributed by atoms with E-state index in [9.17, 15) is 0 Å². The van der Waals surface area contributed by atoms with Crippen molar-refractivity contribution in [2.45, 2.75) is 31.7 Å². The van der Waals surface area contributed by atoms with Gasteiger partial charge >= 0.3 is 0 Å². The summed E-state index contributed by atoms with van der Waals surface area (Å²) in [6, 6.07) is 2.53. The van der Waals surface area contributed by atoms with E-state index in [4.69, 9.17) is 5.73 Å². The fourth-order valence-corrected chi connectivity index (χ4v) is 3.03. The molecular formula is C14H21N5. The van der Waals surface area contributed by atoms with Gasteiger partial charge in [-0.1, -0.05) is 0 Å². The Labute approximate surface area is 113 Å². The Kier molecular flexibility index (Phi) is 3.38. The summed E-state index contributed by atoms with van der Waals surface area (Å²) in [5, 5.41) is 0. The molecule has 1 aliphatic heterocycles. The van der Waals surface area contributed by atoms with Gasteiger partial charge in [-0.2, -0.15) is 0 Å². The topological polar surface area (TPSA) is 60.0 Å². The Bertz CT molecular complexity index is 560. The lowest BCUT2D eigenvalue weighted by molar-refractivity contribution is 0.439. The third kappa shape index (κ3) is 2.18. The summed E-state index contributed by atoms with van der Waals surface area (Å²) in [6.45, 7) is 1.80. The first kappa shape index (κ1) is 12.4. The summed E-state index contributed by atoms with van der Waals surface area (Å²) in [6.07, 6.45) is 8.50. The van der Waals surface area contributed by atoms with Gasteiger partial charge in [0.1, 0.15) is 5.52 Å². The number of hydrogen-bond acceptors (Lipinski definition) is 4. The molecule has 102 valence electrons. The molecule has 0 bridgehead atoms. The maximum atomic E-state index is 5.75. The molecule has 0 amide bonds. The number of nitrogens with two attached hydrogens (primary N) is 1. The average Bonchev–Trinajstić information content (AvgIpc) is 2.82. The number of nitrogens with zero attached hydrogens (tertiary/aromatic N) is 4. The second-order valence-corrected chi connectivity index (χ2v) is 5.28. The van der Waals surface area contributed by atoms with Crippen LogP contribution in [0.5, 0.6) is 0 Å². The van der Waals surface area contributed by atoms with E-state index in [1.54, 1.807) is 0 Å². The number of piperidine rings is 1. The molecule has 2 aromatic heterocycles. The van der Waals surface area contributed by atoms with Crippen LogP contribution < -0.4 is 10.6 Å². The van der Waals surface area contributed by atoms with Gasteiger partial charge in [0.25, 0.3) is 0 Å². The second kappa shape index (κ2) is 5.17. The van der Waals surface area contributed by atoms with E-state index in [0.717, 1.165) is 36.4 Å². The minimum absolute atomic E-state index is 0.513. The molecule has 2 N–H and O–H groups in total. The summed E-state index contributed by atoms with van der Waals surface area (Å²) in [5.41, 5.74) is 7.90. The molecule has 0 aromatic carbocycles. The molecule has 5 nitrogen and oxygen atoms in total. The normalized spacial score (nSPS) is 20.1. The largest absolute Gasteiger partial charge is 0.352 e. The van der Waals surface area contributed by atoms with Crippen molar-refractivity contribution in [3.05, 3.63) is 18.6 Å². The van der Waals surface area contributed by atoms with Crippen molar-refractivity contribution in [3.63, 3.8) is 0 Å². The van der Waals surface area contributed by atoms with E-state index < -0.39 is 0 Å². The maximum Gasteiger partial charge on any atom is 0.156 e. The van der Waals surface area contributed by atoms with Crippen molar-refractivity contribution in [2.75, 3.05) is 18.0 Å². The van der Waals surface area contributed by atoms with Gasteiger partial charge in [0.2, 0.25) is 0 Å². The first-order valence-electron chi connectivity index (χ1n) is 7.04. The Balaban J connectivity index is 2.01. The molecule has 1 fully saturated rings. The highest BCUT2D eigenvalue weighted by atomic mass is 15.2. The second-order valence-electron chi connectivity index (χ2n) is 5.28. The highest BCUT2D eigenvalue weighted by molar-refractivity contribution is 5.86. The van der Waals surface area contributed by atoms with E-state index in [0.29, 0.717) is 6.04 Å². The molecule has 3 heterocycles. The highest BCUT2D eigenvalue weighted by Crippen LogP contribution is 2.29. The van der Waals surface area contributed by atoms with Gasteiger partial charge in [-0.15, -0.1) is 0 Å². The van der Waals surface area contributed by atoms with Crippen molar-refractivity contribution in [2.24, 2.45) is 12.8 Å². The van der Waals surface area contributed by atoms with Crippen LogP contribution in [0.4, 0.5) is 5.82 Å². The van der Waals surface area contributed by atoms with E-state index in [2.05, 4.69) is 14.9 Å². The summed E-state index contributed by atoms with van der Waals surface area (Å²) < 4.78 is 2.04. The van der Waals surface area contributed by atoms with E-state index in [-0.39, 0.29) is 0 Å². The van der Waals surface area contributed by atoms with Gasteiger partial charge in [0.15, 0.2) is 5.82 Å². The van der Waals surface area contributed by atoms with Crippen LogP contribution in [0.3, 0.4) is 0 Å². The number of aryl methyl sites for hydroxylation is 1. The molecule has 19 heavy (non-hydrogen) atoms. The van der Waals surface area contributed by atoms with E-state index >= 15 is 0 Å². The van der Waals surface area contributed by atoms with Gasteiger partial charge in [-0.3, -0.25) is 0 Å². The minimum Gasteiger partial charge on any atom is -0.352 e. The van der Waals surface area contributed by atoms with Crippen molar-refractivity contribution in [1.82, 2.24) is 14.5 Å². The molecule has 5 heteroatoms. The number of hydrogen-bond donors (Lipinski definition) is 1. The van der Waals surface area contributed by atoms with Crippen molar-refractivity contribution >= 4 is 16.9 Å². The van der Waals surface area contributed by atoms with Gasteiger partial charge in [0.05, 0.1) is 11.8 Å². The van der Waals surface area contributed by atoms with E-state index in [1.807, 2.05) is 30.2 Å². The smallest absolute Gasteiger partial charge is 0.156 e. The zero-order chi connectivity index (χ0) is 13.2. The van der Waals surface area contributed by atoms with Gasteiger partial charge in [-0.05, 0) is 38.3 Å². The Morgan fingerprint density at radius 1 is 1.37 bits per heavy atom. The predicted molar refractivity (Wildman–Crippen MR) is 77.2 cm³/mol. The lowest BCUT2D eigenvalue weighted by atomic mass is 9.99. The zero-order valence-corrected chi connectivity index (χ0v) is 11.4. The standard InChI is InChI=1S/C14H21N5/c1-18-10-17-13-12(18)6-8-16-14(13)19-9-3-2-4-11(19)5-7-15/h6,8,10-11H,2-5,7,9,15H2,1H3. The molecule has 2 aromatic rings. The van der Waals surface area contributed by atoms with Gasteiger partial charge in [-0.25, -0.2) is 9.97 Å². The van der Waals surface area contributed by atoms with Crippen LogP contribution in [0.1, 0.15) is 25.7 Å². The van der Waals surface area contributed by atoms with Crippen LogP contribution in [0.25, 0.3) is 11.0 Å². The number of pyridine rings is 1. The lowest BCUT2D eigenvalue weighted by Crippen LogP contribution is -2.41. The number of anilines is 1. The molecule has 0 spiro atoms. The first-order chi connectivity index (χ1) is 9.31. The number of rotatable bonds is 3. The Morgan fingerprint density at radius 3 is 3.11 bits per heavy atom. The van der Waals surface area contributed by atoms with Crippen LogP contribution in [-0.4, -0.2) is 33.7 Å². The van der Waals surface area contributed by atoms with Crippen molar-refractivity contribution in [1.29, 1.82) is 0 Å². The third-order valence-electron chi connectivity index (χ3n) is 4.02. The van der Waals surface area contributed by atoms with Crippen molar-refractivity contribution in [3.8, 4) is 0 Å². The number of aromatic nitrogens is 3. The van der Waals surface area contributed by atoms with Gasteiger partial charge in [0, 0.05) is 25.8 Å². The number of fused-ring (bicyclic) bond motifs is 1. The van der Waals surface area contributed by atoms with Crippen LogP contribution >= 0.6 is 0 Å². The lowest BCUT2D eigenvalue weighted by Gasteiger charge is -2.36. The molecular weight excluding hydrogens is 238 g/mol. The molecule has 3 rings (SSSR count). The minimum atomic E-state index is 0.513. The molecule has 1 unspecified atom stereocenters. The summed E-state index contributed by atoms with van der Waals surface area (Å²) in [5.74, 6) is 1.02. The van der Waals surface area contributed by atoms with Crippen molar-refractivity contribution < 1.29 is 0 Å². The average molecular weight is 259 g/mol. The van der Waals surface area contributed by atoms with Crippen LogP contribution in [0.2, 0.25) is 0 Å². The molecule has 0 aliphatic carbocycles. The molecule has 1 aliphatic rings. The SMILES string of the molecule is Cn1cnc2c(N3CCCCC3CCN)nccc21. The first-order valence-corrected chi connectivity index (χ1v) is 7.04. The summed E-state index contributed by atoms with van der Waals surface area (Å²) in [7, 11) is 2.02. The molecule has 1 atom stereocenters. The Morgan fingerprint density at radius 2 is 2.26 bits per heavy atom. The Hall–Kier alpha value is -1.62. The fraction of sp³-hybridized carbons (Fsp3) is 0.571. The van der Waals surface area contributed by atoms with Crippen LogP contribution in [0.15, 0.2) is 18.6 Å². The molecule has 0 saturated carbocycles. The summed E-state index contributed by atoms with van der Waals surface area (Å²) >= 11 is 0. The zero-order valence-electron chi connectivity index (χ0n) is 11.4. The fourth-order valence-electron chi connectivity index (χ4n) is 3.03. The maximum absolute atomic E-state index is 5.75. The van der Waals surface area contributed by atoms with Gasteiger partial charge < -0.3 is 15.2 Å². The summed E-state index contributed by atoms with van der Waals surface area (Å²) in [4.78, 5) is 11.5. The van der Waals surface area contributed by atoms with E-state index in [1.165, 1.54) is 19.3 Å². The predicted octanol–water partition coefficient (Wildman–Crippen LogP) is 1.68. The monoisotopic (exact) mass is 259 g/mol. The third-order valence-corrected chi connectivity index (χ3v) is 4.02. The molecule has 1 saturated heterocycles. The highest BCUT2D eigenvalue weighted by Gasteiger charge is 2.25. The number of imidazole rings is 1. The van der Waals surface area contributed by atoms with Crippen LogP contribution in [0, 0.1) is 0 Å². The van der Waals surface area contributed by atoms with Crippen LogP contribution in [-0.2, 0) is 7.05 Å². The molecule has 0 radical (unpaired) electrons. The quantitative estimate of drug-likeness (QED) is 0.911.